The van der Waals surface area contributed by atoms with Gasteiger partial charge in [-0.25, -0.2) is 8.42 Å². The van der Waals surface area contributed by atoms with Gasteiger partial charge in [0, 0.05) is 0 Å². The summed E-state index contributed by atoms with van der Waals surface area (Å²) in [5, 5.41) is 2.97. The van der Waals surface area contributed by atoms with E-state index >= 15 is 0 Å². The summed E-state index contributed by atoms with van der Waals surface area (Å²) in [7, 11) is -3.45. The molecule has 2 N–H and O–H groups in total. The van der Waals surface area contributed by atoms with Gasteiger partial charge in [-0.05, 0) is 61.4 Å². The van der Waals surface area contributed by atoms with Gasteiger partial charge in [0.2, 0.25) is 10.0 Å². The molecule has 0 saturated carbocycles. The van der Waals surface area contributed by atoms with Crippen LogP contribution in [0.25, 0.3) is 0 Å². The number of benzene rings is 2. The van der Waals surface area contributed by atoms with Crippen molar-refractivity contribution in [1.29, 1.82) is 0 Å². The van der Waals surface area contributed by atoms with E-state index in [1.165, 1.54) is 24.0 Å². The number of para-hydroxylation sites is 1. The summed E-state index contributed by atoms with van der Waals surface area (Å²) in [6.45, 7) is 1.94. The molecule has 0 aliphatic heterocycles. The molecule has 0 bridgehead atoms. The Labute approximate surface area is 154 Å². The van der Waals surface area contributed by atoms with Crippen molar-refractivity contribution in [3.63, 3.8) is 0 Å². The monoisotopic (exact) mass is 372 g/mol. The molecule has 1 aliphatic rings. The SMILES string of the molecule is C[C@H](NC(=O)c1ccccc1NS(C)(=O)=O)c1ccc2c(c1)CCCC2. The molecule has 3 rings (SSSR count). The lowest BCUT2D eigenvalue weighted by atomic mass is 9.89. The number of hydrogen-bond acceptors (Lipinski definition) is 3. The highest BCUT2D eigenvalue weighted by Gasteiger charge is 2.18. The Morgan fingerprint density at radius 3 is 2.46 bits per heavy atom. The van der Waals surface area contributed by atoms with Crippen molar-refractivity contribution < 1.29 is 13.2 Å². The Bertz CT molecular complexity index is 922. The van der Waals surface area contributed by atoms with Gasteiger partial charge in [0.05, 0.1) is 23.5 Å². The number of hydrogen-bond donors (Lipinski definition) is 2. The van der Waals surface area contributed by atoms with Crippen LogP contribution in [0.2, 0.25) is 0 Å². The van der Waals surface area contributed by atoms with Crippen LogP contribution in [0.3, 0.4) is 0 Å². The lowest BCUT2D eigenvalue weighted by Crippen LogP contribution is -2.28. The maximum atomic E-state index is 12.7. The van der Waals surface area contributed by atoms with Crippen molar-refractivity contribution in [2.45, 2.75) is 38.6 Å². The van der Waals surface area contributed by atoms with Gasteiger partial charge in [-0.3, -0.25) is 9.52 Å². The van der Waals surface area contributed by atoms with Crippen LogP contribution in [0.5, 0.6) is 0 Å². The number of carbonyl (C=O) groups excluding carboxylic acids is 1. The van der Waals surface area contributed by atoms with E-state index in [-0.39, 0.29) is 17.6 Å². The number of fused-ring (bicyclic) bond motifs is 1. The molecular formula is C20H24N2O3S. The predicted octanol–water partition coefficient (Wildman–Crippen LogP) is 3.43. The van der Waals surface area contributed by atoms with Crippen LogP contribution in [0.1, 0.15) is 52.9 Å². The van der Waals surface area contributed by atoms with Gasteiger partial charge in [-0.2, -0.15) is 0 Å². The fraction of sp³-hybridized carbons (Fsp3) is 0.350. The smallest absolute Gasteiger partial charge is 0.253 e. The van der Waals surface area contributed by atoms with E-state index in [2.05, 4.69) is 28.2 Å². The predicted molar refractivity (Wildman–Crippen MR) is 104 cm³/mol. The zero-order valence-corrected chi connectivity index (χ0v) is 15.9. The summed E-state index contributed by atoms with van der Waals surface area (Å²) in [6, 6.07) is 12.8. The fourth-order valence-corrected chi connectivity index (χ4v) is 3.93. The third-order valence-electron chi connectivity index (χ3n) is 4.69. The Morgan fingerprint density at radius 2 is 1.73 bits per heavy atom. The molecule has 6 heteroatoms. The fourth-order valence-electron chi connectivity index (χ4n) is 3.35. The molecule has 26 heavy (non-hydrogen) atoms. The molecule has 1 aliphatic carbocycles. The first-order valence-electron chi connectivity index (χ1n) is 8.83. The molecule has 0 fully saturated rings. The first kappa shape index (κ1) is 18.5. The molecule has 2 aromatic rings. The van der Waals surface area contributed by atoms with Crippen LogP contribution in [0.4, 0.5) is 5.69 Å². The molecule has 2 aromatic carbocycles. The molecule has 1 amide bonds. The topological polar surface area (TPSA) is 75.3 Å². The van der Waals surface area contributed by atoms with Crippen LogP contribution < -0.4 is 10.0 Å². The number of carbonyl (C=O) groups is 1. The number of rotatable bonds is 5. The average molecular weight is 372 g/mol. The molecule has 0 aromatic heterocycles. The molecule has 0 radical (unpaired) electrons. The minimum atomic E-state index is -3.45. The standard InChI is InChI=1S/C20H24N2O3S/c1-14(16-12-11-15-7-3-4-8-17(15)13-16)21-20(23)18-9-5-6-10-19(18)22-26(2,24)25/h5-6,9-14,22H,3-4,7-8H2,1-2H3,(H,21,23)/t14-/m0/s1. The Balaban J connectivity index is 1.78. The molecular weight excluding hydrogens is 348 g/mol. The summed E-state index contributed by atoms with van der Waals surface area (Å²) < 4.78 is 25.4. The highest BCUT2D eigenvalue weighted by molar-refractivity contribution is 7.92. The molecule has 1 atom stereocenters. The van der Waals surface area contributed by atoms with Gasteiger partial charge in [0.15, 0.2) is 0 Å². The zero-order valence-electron chi connectivity index (χ0n) is 15.1. The number of amides is 1. The van der Waals surface area contributed by atoms with Gasteiger partial charge in [0.25, 0.3) is 5.91 Å². The van der Waals surface area contributed by atoms with Crippen molar-refractivity contribution in [2.24, 2.45) is 0 Å². The number of anilines is 1. The summed E-state index contributed by atoms with van der Waals surface area (Å²) in [5.41, 5.74) is 4.43. The Kier molecular flexibility index (Phi) is 5.32. The maximum absolute atomic E-state index is 12.7. The van der Waals surface area contributed by atoms with Crippen molar-refractivity contribution in [3.8, 4) is 0 Å². The Hall–Kier alpha value is -2.34. The van der Waals surface area contributed by atoms with Crippen LogP contribution in [-0.4, -0.2) is 20.6 Å². The van der Waals surface area contributed by atoms with Gasteiger partial charge in [-0.1, -0.05) is 30.3 Å². The lowest BCUT2D eigenvalue weighted by molar-refractivity contribution is 0.0941. The first-order chi connectivity index (χ1) is 12.3. The quantitative estimate of drug-likeness (QED) is 0.844. The largest absolute Gasteiger partial charge is 0.345 e. The lowest BCUT2D eigenvalue weighted by Gasteiger charge is -2.20. The highest BCUT2D eigenvalue weighted by Crippen LogP contribution is 2.25. The molecule has 0 unspecified atom stereocenters. The van der Waals surface area contributed by atoms with Gasteiger partial charge in [-0.15, -0.1) is 0 Å². The van der Waals surface area contributed by atoms with Gasteiger partial charge < -0.3 is 5.32 Å². The van der Waals surface area contributed by atoms with Crippen LogP contribution in [0, 0.1) is 0 Å². The molecule has 5 nitrogen and oxygen atoms in total. The van der Waals surface area contributed by atoms with E-state index in [0.717, 1.165) is 24.7 Å². The number of aryl methyl sites for hydroxylation is 2. The minimum Gasteiger partial charge on any atom is -0.345 e. The molecule has 0 saturated heterocycles. The molecule has 0 spiro atoms. The third kappa shape index (κ3) is 4.43. The van der Waals surface area contributed by atoms with E-state index in [1.54, 1.807) is 24.3 Å². The van der Waals surface area contributed by atoms with Crippen LogP contribution >= 0.6 is 0 Å². The summed E-state index contributed by atoms with van der Waals surface area (Å²) >= 11 is 0. The molecule has 0 heterocycles. The van der Waals surface area contributed by atoms with Gasteiger partial charge in [0.1, 0.15) is 0 Å². The van der Waals surface area contributed by atoms with Crippen molar-refractivity contribution in [2.75, 3.05) is 11.0 Å². The van der Waals surface area contributed by atoms with Crippen LogP contribution in [0.15, 0.2) is 42.5 Å². The number of sulfonamides is 1. The first-order valence-corrected chi connectivity index (χ1v) is 10.7. The normalized spacial score (nSPS) is 15.0. The zero-order chi connectivity index (χ0) is 18.7. The number of nitrogens with one attached hydrogen (secondary N) is 2. The van der Waals surface area contributed by atoms with E-state index in [4.69, 9.17) is 0 Å². The summed E-state index contributed by atoms with van der Waals surface area (Å²) in [5.74, 6) is -0.304. The van der Waals surface area contributed by atoms with Crippen molar-refractivity contribution in [1.82, 2.24) is 5.32 Å². The average Bonchev–Trinajstić information content (AvgIpc) is 2.60. The van der Waals surface area contributed by atoms with Crippen molar-refractivity contribution in [3.05, 3.63) is 64.7 Å². The van der Waals surface area contributed by atoms with E-state index in [1.807, 2.05) is 6.92 Å². The van der Waals surface area contributed by atoms with Gasteiger partial charge >= 0.3 is 0 Å². The van der Waals surface area contributed by atoms with E-state index in [0.29, 0.717) is 5.56 Å². The summed E-state index contributed by atoms with van der Waals surface area (Å²) in [6.07, 6.45) is 5.73. The second-order valence-corrected chi connectivity index (χ2v) is 8.60. The van der Waals surface area contributed by atoms with Crippen LogP contribution in [-0.2, 0) is 22.9 Å². The van der Waals surface area contributed by atoms with E-state index < -0.39 is 10.0 Å². The summed E-state index contributed by atoms with van der Waals surface area (Å²) in [4.78, 5) is 12.7. The van der Waals surface area contributed by atoms with E-state index in [9.17, 15) is 13.2 Å². The maximum Gasteiger partial charge on any atom is 0.253 e. The second-order valence-electron chi connectivity index (χ2n) is 6.85. The second kappa shape index (κ2) is 7.50. The minimum absolute atomic E-state index is 0.166. The third-order valence-corrected chi connectivity index (χ3v) is 5.28. The Morgan fingerprint density at radius 1 is 1.04 bits per heavy atom. The van der Waals surface area contributed by atoms with Crippen molar-refractivity contribution >= 4 is 21.6 Å². The molecule has 138 valence electrons. The highest BCUT2D eigenvalue weighted by atomic mass is 32.2.